The van der Waals surface area contributed by atoms with Gasteiger partial charge in [0.2, 0.25) is 0 Å². The maximum absolute atomic E-state index is 13.0. The molecule has 4 N–H and O–H groups in total. The van der Waals surface area contributed by atoms with Crippen LogP contribution in [-0.4, -0.2) is 62.6 Å². The number of aliphatic hydroxyl groups excluding tert-OH is 1. The quantitative estimate of drug-likeness (QED) is 0.412. The number of carbonyl (C=O) groups excluding carboxylic acids is 1. The summed E-state index contributed by atoms with van der Waals surface area (Å²) in [5, 5.41) is 23.5. The van der Waals surface area contributed by atoms with E-state index in [1.165, 1.54) is 6.20 Å². The second kappa shape index (κ2) is 9.07. The Kier molecular flexibility index (Phi) is 5.96. The van der Waals surface area contributed by atoms with Crippen LogP contribution in [0.15, 0.2) is 35.4 Å². The van der Waals surface area contributed by atoms with E-state index >= 15 is 0 Å². The Labute approximate surface area is 196 Å². The third-order valence-corrected chi connectivity index (χ3v) is 6.82. The highest BCUT2D eigenvalue weighted by atomic mass is 16.5. The van der Waals surface area contributed by atoms with Crippen LogP contribution in [0.25, 0.3) is 5.65 Å². The van der Waals surface area contributed by atoms with Gasteiger partial charge < -0.3 is 30.4 Å². The summed E-state index contributed by atoms with van der Waals surface area (Å²) in [6.07, 6.45) is 6.85. The predicted octanol–water partition coefficient (Wildman–Crippen LogP) is 1.67. The van der Waals surface area contributed by atoms with Crippen molar-refractivity contribution in [2.75, 3.05) is 24.8 Å². The first-order valence-electron chi connectivity index (χ1n) is 11.5. The van der Waals surface area contributed by atoms with Gasteiger partial charge in [-0.3, -0.25) is 9.59 Å². The zero-order valence-electron chi connectivity index (χ0n) is 19.2. The molecule has 2 aliphatic carbocycles. The molecule has 3 aromatic rings. The largest absolute Gasteiger partial charge is 0.391 e. The summed E-state index contributed by atoms with van der Waals surface area (Å²) in [5.41, 5.74) is 0.824. The fraction of sp³-hybridized carbons (Fsp3) is 0.478. The van der Waals surface area contributed by atoms with Crippen molar-refractivity contribution in [2.24, 2.45) is 0 Å². The van der Waals surface area contributed by atoms with Gasteiger partial charge in [-0.25, -0.2) is 4.98 Å². The van der Waals surface area contributed by atoms with Gasteiger partial charge in [-0.15, -0.1) is 0 Å². The molecule has 2 aliphatic rings. The molecular formula is C23H29N7O4. The van der Waals surface area contributed by atoms with Crippen molar-refractivity contribution in [2.45, 2.75) is 56.4 Å². The monoisotopic (exact) mass is 467 g/mol. The first-order chi connectivity index (χ1) is 16.5. The lowest BCUT2D eigenvalue weighted by Crippen LogP contribution is -2.39. The van der Waals surface area contributed by atoms with Gasteiger partial charge in [0.05, 0.1) is 24.4 Å². The van der Waals surface area contributed by atoms with Crippen LogP contribution in [0.5, 0.6) is 0 Å². The van der Waals surface area contributed by atoms with E-state index in [1.807, 2.05) is 0 Å². The van der Waals surface area contributed by atoms with E-state index < -0.39 is 6.10 Å². The van der Waals surface area contributed by atoms with Gasteiger partial charge in [-0.1, -0.05) is 0 Å². The van der Waals surface area contributed by atoms with Crippen molar-refractivity contribution in [3.63, 3.8) is 0 Å². The zero-order chi connectivity index (χ0) is 23.8. The molecular weight excluding hydrogens is 438 g/mol. The zero-order valence-corrected chi connectivity index (χ0v) is 19.2. The number of nitrogens with one attached hydrogen (secondary N) is 3. The summed E-state index contributed by atoms with van der Waals surface area (Å²) in [4.78, 5) is 30.6. The van der Waals surface area contributed by atoms with Crippen LogP contribution < -0.4 is 21.5 Å². The predicted molar refractivity (Wildman–Crippen MR) is 127 cm³/mol. The lowest BCUT2D eigenvalue weighted by molar-refractivity contribution is 0.0300. The first-order valence-corrected chi connectivity index (χ1v) is 11.5. The van der Waals surface area contributed by atoms with E-state index in [4.69, 9.17) is 4.74 Å². The first kappa shape index (κ1) is 22.4. The number of amides is 1. The van der Waals surface area contributed by atoms with Gasteiger partial charge in [0.25, 0.3) is 11.5 Å². The Morgan fingerprint density at radius 3 is 2.79 bits per heavy atom. The number of nitrogens with zero attached hydrogens (tertiary/aromatic N) is 4. The Balaban J connectivity index is 1.43. The van der Waals surface area contributed by atoms with Gasteiger partial charge in [-0.2, -0.15) is 9.61 Å². The Morgan fingerprint density at radius 2 is 2.12 bits per heavy atom. The standard InChI is InChI=1S/C23H29N7O4/c1-24-20-11-19(27-16-4-3-9-29(23(16)33)17-7-8-18(17)31)28-21-15(12-25-30(20)21)22(32)26-13-5-6-14(10-13)34-2/h3-4,9,11-14,17-18,24,31H,5-8,10H2,1-2H3,(H,26,32)(H,27,28)/t13-,14-,17-,18+/m0/s1. The molecule has 0 spiro atoms. The molecule has 4 atom stereocenters. The van der Waals surface area contributed by atoms with Crippen molar-refractivity contribution >= 4 is 28.9 Å². The summed E-state index contributed by atoms with van der Waals surface area (Å²) in [6.45, 7) is 0. The number of methoxy groups -OCH3 is 1. The second-order valence-corrected chi connectivity index (χ2v) is 8.88. The number of aromatic nitrogens is 4. The van der Waals surface area contributed by atoms with Gasteiger partial charge in [0, 0.05) is 32.5 Å². The minimum absolute atomic E-state index is 0.0436. The summed E-state index contributed by atoms with van der Waals surface area (Å²) < 4.78 is 8.51. The van der Waals surface area contributed by atoms with Gasteiger partial charge in [0.1, 0.15) is 22.9 Å². The lowest BCUT2D eigenvalue weighted by Gasteiger charge is -2.34. The maximum atomic E-state index is 13.0. The van der Waals surface area contributed by atoms with E-state index in [1.54, 1.807) is 47.6 Å². The highest BCUT2D eigenvalue weighted by Crippen LogP contribution is 2.31. The molecule has 3 heterocycles. The number of fused-ring (bicyclic) bond motifs is 1. The molecule has 11 nitrogen and oxygen atoms in total. The van der Waals surface area contributed by atoms with Gasteiger partial charge >= 0.3 is 0 Å². The number of ether oxygens (including phenoxy) is 1. The third-order valence-electron chi connectivity index (χ3n) is 6.82. The van der Waals surface area contributed by atoms with Crippen molar-refractivity contribution in [3.8, 4) is 0 Å². The molecule has 0 bridgehead atoms. The van der Waals surface area contributed by atoms with Crippen LogP contribution in [0.4, 0.5) is 17.3 Å². The highest BCUT2D eigenvalue weighted by molar-refractivity contribution is 6.00. The topological polar surface area (TPSA) is 135 Å². The second-order valence-electron chi connectivity index (χ2n) is 8.88. The molecule has 34 heavy (non-hydrogen) atoms. The SMILES string of the molecule is CNc1cc(Nc2cccn([C@H]3CC[C@H]3O)c2=O)nc2c(C(=O)N[C@H]3CC[C@H](OC)C3)cnn12. The molecule has 1 amide bonds. The molecule has 2 saturated carbocycles. The number of hydrogen-bond donors (Lipinski definition) is 4. The van der Waals surface area contributed by atoms with Crippen molar-refractivity contribution < 1.29 is 14.6 Å². The highest BCUT2D eigenvalue weighted by Gasteiger charge is 2.31. The maximum Gasteiger partial charge on any atom is 0.274 e. The van der Waals surface area contributed by atoms with Crippen LogP contribution >= 0.6 is 0 Å². The minimum Gasteiger partial charge on any atom is -0.391 e. The Bertz CT molecular complexity index is 1270. The van der Waals surface area contributed by atoms with Crippen molar-refractivity contribution in [1.29, 1.82) is 0 Å². The molecule has 3 aromatic heterocycles. The van der Waals surface area contributed by atoms with Crippen LogP contribution in [0.3, 0.4) is 0 Å². The number of rotatable bonds is 7. The van der Waals surface area contributed by atoms with Crippen LogP contribution in [0.1, 0.15) is 48.5 Å². The third kappa shape index (κ3) is 4.01. The molecule has 0 unspecified atom stereocenters. The van der Waals surface area contributed by atoms with Gasteiger partial charge in [0.15, 0.2) is 5.65 Å². The fourth-order valence-corrected chi connectivity index (χ4v) is 4.71. The number of aliphatic hydroxyl groups is 1. The number of carbonyl (C=O) groups is 1. The average Bonchev–Trinajstić information content (AvgIpc) is 3.47. The summed E-state index contributed by atoms with van der Waals surface area (Å²) in [7, 11) is 3.44. The molecule has 180 valence electrons. The fourth-order valence-electron chi connectivity index (χ4n) is 4.71. The van der Waals surface area contributed by atoms with Crippen LogP contribution in [0.2, 0.25) is 0 Å². The van der Waals surface area contributed by atoms with Crippen molar-refractivity contribution in [3.05, 3.63) is 46.5 Å². The molecule has 2 fully saturated rings. The molecule has 0 saturated heterocycles. The van der Waals surface area contributed by atoms with Crippen molar-refractivity contribution in [1.82, 2.24) is 24.5 Å². The van der Waals surface area contributed by atoms with E-state index in [0.29, 0.717) is 35.0 Å². The Morgan fingerprint density at radius 1 is 1.26 bits per heavy atom. The van der Waals surface area contributed by atoms with E-state index in [2.05, 4.69) is 26.0 Å². The van der Waals surface area contributed by atoms with Crippen LogP contribution in [0, 0.1) is 0 Å². The number of pyridine rings is 1. The summed E-state index contributed by atoms with van der Waals surface area (Å²) in [6, 6.07) is 4.99. The summed E-state index contributed by atoms with van der Waals surface area (Å²) >= 11 is 0. The van der Waals surface area contributed by atoms with Gasteiger partial charge in [-0.05, 0) is 44.2 Å². The van der Waals surface area contributed by atoms with E-state index in [0.717, 1.165) is 25.7 Å². The van der Waals surface area contributed by atoms with E-state index in [9.17, 15) is 14.7 Å². The lowest BCUT2D eigenvalue weighted by atomic mass is 9.89. The smallest absolute Gasteiger partial charge is 0.274 e. The minimum atomic E-state index is -0.509. The molecule has 0 aliphatic heterocycles. The number of anilines is 3. The Hall–Kier alpha value is -3.44. The average molecular weight is 468 g/mol. The van der Waals surface area contributed by atoms with E-state index in [-0.39, 0.29) is 29.7 Å². The normalized spacial score (nSPS) is 24.1. The van der Waals surface area contributed by atoms with Crippen LogP contribution in [-0.2, 0) is 4.74 Å². The molecule has 11 heteroatoms. The molecule has 0 radical (unpaired) electrons. The summed E-state index contributed by atoms with van der Waals surface area (Å²) in [5.74, 6) is 0.762. The number of hydrogen-bond acceptors (Lipinski definition) is 8. The molecule has 0 aromatic carbocycles. The molecule has 5 rings (SSSR count).